The van der Waals surface area contributed by atoms with Gasteiger partial charge in [-0.2, -0.15) is 0 Å². The minimum absolute atomic E-state index is 0.110. The van der Waals surface area contributed by atoms with Crippen LogP contribution >= 0.6 is 0 Å². The number of amides is 1. The number of anilines is 2. The molecule has 1 aromatic rings. The number of ether oxygens (including phenoxy) is 1. The van der Waals surface area contributed by atoms with Crippen LogP contribution in [0.1, 0.15) is 27.2 Å². The molecule has 2 heterocycles. The van der Waals surface area contributed by atoms with Gasteiger partial charge in [-0.25, -0.2) is 9.18 Å². The molecule has 2 atom stereocenters. The van der Waals surface area contributed by atoms with Gasteiger partial charge in [0.05, 0.1) is 30.6 Å². The molecule has 0 saturated carbocycles. The lowest BCUT2D eigenvalue weighted by Gasteiger charge is -2.38. The molecule has 2 saturated heterocycles. The van der Waals surface area contributed by atoms with Gasteiger partial charge >= 0.3 is 6.09 Å². The van der Waals surface area contributed by atoms with Gasteiger partial charge < -0.3 is 19.2 Å². The molecule has 0 radical (unpaired) electrons. The van der Waals surface area contributed by atoms with Crippen LogP contribution in [0.15, 0.2) is 18.2 Å². The first-order valence-corrected chi connectivity index (χ1v) is 12.7. The molecular weight excluding hydrogens is 379 g/mol. The zero-order valence-corrected chi connectivity index (χ0v) is 18.4. The summed E-state index contributed by atoms with van der Waals surface area (Å²) >= 11 is 0. The Bertz CT molecular complexity index is 737. The van der Waals surface area contributed by atoms with Crippen molar-refractivity contribution in [1.82, 2.24) is 0 Å². The molecule has 0 aliphatic carbocycles. The number of cyclic esters (lactones) is 1. The normalized spacial score (nSPS) is 23.5. The summed E-state index contributed by atoms with van der Waals surface area (Å²) in [4.78, 5) is 15.3. The quantitative estimate of drug-likeness (QED) is 0.749. The molecule has 6 nitrogen and oxygen atoms in total. The lowest BCUT2D eigenvalue weighted by molar-refractivity contribution is 0.0963. The zero-order valence-electron chi connectivity index (χ0n) is 17.4. The van der Waals surface area contributed by atoms with E-state index in [0.29, 0.717) is 17.9 Å². The average molecular weight is 411 g/mol. The fourth-order valence-electron chi connectivity index (χ4n) is 3.38. The van der Waals surface area contributed by atoms with Crippen LogP contribution in [0, 0.1) is 5.82 Å². The molecule has 2 fully saturated rings. The van der Waals surface area contributed by atoms with Gasteiger partial charge in [-0.15, -0.1) is 0 Å². The molecule has 1 amide bonds. The summed E-state index contributed by atoms with van der Waals surface area (Å²) in [5.74, 6) is -0.370. The van der Waals surface area contributed by atoms with Gasteiger partial charge in [0.2, 0.25) is 0 Å². The van der Waals surface area contributed by atoms with Crippen molar-refractivity contribution >= 4 is 25.8 Å². The Morgan fingerprint density at radius 1 is 1.32 bits per heavy atom. The summed E-state index contributed by atoms with van der Waals surface area (Å²) in [5, 5.41) is 9.30. The smallest absolute Gasteiger partial charge is 0.414 e. The van der Waals surface area contributed by atoms with Crippen molar-refractivity contribution in [3.8, 4) is 0 Å². The monoisotopic (exact) mass is 410 g/mol. The van der Waals surface area contributed by atoms with Gasteiger partial charge in [0.1, 0.15) is 11.9 Å². The van der Waals surface area contributed by atoms with Crippen LogP contribution in [0.25, 0.3) is 0 Å². The van der Waals surface area contributed by atoms with Crippen molar-refractivity contribution in [1.29, 1.82) is 0 Å². The second kappa shape index (κ2) is 7.65. The van der Waals surface area contributed by atoms with Crippen LogP contribution in [0.4, 0.5) is 20.6 Å². The standard InChI is InChI=1S/C20H31FN2O4Si/c1-20(2,3)28(4,5)27-15-8-9-22(11-15)18-7-6-14(10-17(18)21)23-12-16(13-24)26-19(23)25/h6-7,10,15-16,24H,8-9,11-13H2,1-5H3. The van der Waals surface area contributed by atoms with Crippen molar-refractivity contribution < 1.29 is 23.5 Å². The lowest BCUT2D eigenvalue weighted by Crippen LogP contribution is -2.44. The van der Waals surface area contributed by atoms with Crippen molar-refractivity contribution in [2.24, 2.45) is 0 Å². The predicted molar refractivity (Wildman–Crippen MR) is 110 cm³/mol. The first kappa shape index (κ1) is 21.1. The average Bonchev–Trinajstić information content (AvgIpc) is 3.19. The van der Waals surface area contributed by atoms with Crippen LogP contribution in [0.5, 0.6) is 0 Å². The third-order valence-corrected chi connectivity index (χ3v) is 10.6. The molecule has 2 aliphatic heterocycles. The van der Waals surface area contributed by atoms with Crippen LogP contribution < -0.4 is 9.80 Å². The topological polar surface area (TPSA) is 62.2 Å². The molecule has 3 rings (SSSR count). The van der Waals surface area contributed by atoms with Gasteiger partial charge in [-0.3, -0.25) is 4.90 Å². The Balaban J connectivity index is 1.68. The largest absolute Gasteiger partial charge is 0.441 e. The van der Waals surface area contributed by atoms with Crippen LogP contribution in [0.3, 0.4) is 0 Å². The first-order valence-electron chi connectivity index (χ1n) is 9.83. The van der Waals surface area contributed by atoms with E-state index in [0.717, 1.165) is 13.0 Å². The molecule has 1 N–H and O–H groups in total. The van der Waals surface area contributed by atoms with Gasteiger partial charge in [0.15, 0.2) is 8.32 Å². The van der Waals surface area contributed by atoms with Crippen LogP contribution in [-0.2, 0) is 9.16 Å². The number of hydrogen-bond acceptors (Lipinski definition) is 5. The van der Waals surface area contributed by atoms with E-state index in [4.69, 9.17) is 14.3 Å². The number of rotatable bonds is 5. The summed E-state index contributed by atoms with van der Waals surface area (Å²) in [6.45, 7) is 12.5. The number of benzene rings is 1. The molecule has 8 heteroatoms. The van der Waals surface area contributed by atoms with E-state index in [1.54, 1.807) is 12.1 Å². The van der Waals surface area contributed by atoms with E-state index in [-0.39, 0.29) is 30.1 Å². The fourth-order valence-corrected chi connectivity index (χ4v) is 4.76. The Hall–Kier alpha value is -1.64. The molecule has 28 heavy (non-hydrogen) atoms. The summed E-state index contributed by atoms with van der Waals surface area (Å²) in [6.07, 6.45) is -0.138. The number of halogens is 1. The molecule has 2 unspecified atom stereocenters. The van der Waals surface area contributed by atoms with Crippen LogP contribution in [-0.4, -0.2) is 58.0 Å². The minimum Gasteiger partial charge on any atom is -0.441 e. The Labute approximate surface area is 167 Å². The number of carbonyl (C=O) groups excluding carboxylic acids is 1. The Kier molecular flexibility index (Phi) is 5.75. The molecule has 1 aromatic carbocycles. The van der Waals surface area contributed by atoms with Gasteiger partial charge in [0, 0.05) is 13.1 Å². The number of hydrogen-bond donors (Lipinski definition) is 1. The maximum Gasteiger partial charge on any atom is 0.414 e. The van der Waals surface area contributed by atoms with E-state index in [1.807, 2.05) is 4.90 Å². The summed E-state index contributed by atoms with van der Waals surface area (Å²) in [6, 6.07) is 4.79. The fraction of sp³-hybridized carbons (Fsp3) is 0.650. The molecule has 156 valence electrons. The highest BCUT2D eigenvalue weighted by Gasteiger charge is 2.41. The second-order valence-corrected chi connectivity index (χ2v) is 13.9. The molecule has 0 aromatic heterocycles. The highest BCUT2D eigenvalue weighted by atomic mass is 28.4. The first-order chi connectivity index (χ1) is 13.0. The molecule has 0 bridgehead atoms. The van der Waals surface area contributed by atoms with Gasteiger partial charge in [0.25, 0.3) is 0 Å². The maximum absolute atomic E-state index is 14.8. The van der Waals surface area contributed by atoms with Gasteiger partial charge in [-0.1, -0.05) is 20.8 Å². The maximum atomic E-state index is 14.8. The van der Waals surface area contributed by atoms with Crippen LogP contribution in [0.2, 0.25) is 18.1 Å². The number of aliphatic hydroxyl groups is 1. The van der Waals surface area contributed by atoms with Gasteiger partial charge in [-0.05, 0) is 42.8 Å². The Morgan fingerprint density at radius 3 is 2.61 bits per heavy atom. The second-order valence-electron chi connectivity index (χ2n) is 9.17. The molecule has 0 spiro atoms. The van der Waals surface area contributed by atoms with Crippen molar-refractivity contribution in [3.05, 3.63) is 24.0 Å². The molecule has 2 aliphatic rings. The number of aliphatic hydroxyl groups excluding tert-OH is 1. The highest BCUT2D eigenvalue weighted by molar-refractivity contribution is 6.74. The van der Waals surface area contributed by atoms with E-state index in [2.05, 4.69) is 33.9 Å². The molecular formula is C20H31FN2O4Si. The van der Waals surface area contributed by atoms with E-state index in [9.17, 15) is 9.18 Å². The zero-order chi connectivity index (χ0) is 20.7. The number of carbonyl (C=O) groups is 1. The van der Waals surface area contributed by atoms with E-state index in [1.165, 1.54) is 11.0 Å². The van der Waals surface area contributed by atoms with Crippen molar-refractivity contribution in [3.63, 3.8) is 0 Å². The van der Waals surface area contributed by atoms with E-state index < -0.39 is 20.5 Å². The third kappa shape index (κ3) is 4.18. The van der Waals surface area contributed by atoms with Crippen molar-refractivity contribution in [2.45, 2.75) is 57.5 Å². The third-order valence-electron chi connectivity index (χ3n) is 6.07. The predicted octanol–water partition coefficient (Wildman–Crippen LogP) is 3.74. The summed E-state index contributed by atoms with van der Waals surface area (Å²) < 4.78 is 26.3. The SMILES string of the molecule is CC(C)(C)[Si](C)(C)OC1CCN(c2ccc(N3CC(CO)OC3=O)cc2F)C1. The van der Waals surface area contributed by atoms with Crippen molar-refractivity contribution in [2.75, 3.05) is 36.0 Å². The lowest BCUT2D eigenvalue weighted by atomic mass is 10.2. The summed E-state index contributed by atoms with van der Waals surface area (Å²) in [5.41, 5.74) is 0.965. The Morgan fingerprint density at radius 2 is 2.04 bits per heavy atom. The number of nitrogens with zero attached hydrogens (tertiary/aromatic N) is 2. The van der Waals surface area contributed by atoms with E-state index >= 15 is 0 Å². The summed E-state index contributed by atoms with van der Waals surface area (Å²) in [7, 11) is -1.86. The minimum atomic E-state index is -1.86. The highest BCUT2D eigenvalue weighted by Crippen LogP contribution is 2.39.